The molecule has 1 amide bonds. The molecule has 0 saturated heterocycles. The van der Waals surface area contributed by atoms with E-state index in [1.54, 1.807) is 18.2 Å². The molecule has 2 rings (SSSR count). The van der Waals surface area contributed by atoms with Crippen molar-refractivity contribution >= 4 is 11.9 Å². The summed E-state index contributed by atoms with van der Waals surface area (Å²) in [7, 11) is 1.54. The van der Waals surface area contributed by atoms with Crippen LogP contribution in [-0.2, 0) is 9.53 Å². The largest absolute Gasteiger partial charge is 0.493 e. The van der Waals surface area contributed by atoms with E-state index in [0.29, 0.717) is 23.7 Å². The third kappa shape index (κ3) is 6.24. The van der Waals surface area contributed by atoms with Crippen molar-refractivity contribution in [2.24, 2.45) is 0 Å². The number of hydrogen-bond acceptors (Lipinski definition) is 5. The molecule has 0 radical (unpaired) electrons. The Bertz CT molecular complexity index is 594. The van der Waals surface area contributed by atoms with Crippen LogP contribution in [0.3, 0.4) is 0 Å². The molecule has 144 valence electrons. The lowest BCUT2D eigenvalue weighted by atomic mass is 9.97. The molecule has 1 aromatic rings. The highest BCUT2D eigenvalue weighted by Crippen LogP contribution is 2.28. The predicted octanol–water partition coefficient (Wildman–Crippen LogP) is 3.48. The normalized spacial score (nSPS) is 15.5. The first kappa shape index (κ1) is 20.1. The van der Waals surface area contributed by atoms with E-state index in [1.165, 1.54) is 26.4 Å². The van der Waals surface area contributed by atoms with Gasteiger partial charge in [-0.05, 0) is 38.0 Å². The molecule has 1 aromatic carbocycles. The first-order chi connectivity index (χ1) is 12.6. The first-order valence-corrected chi connectivity index (χ1v) is 9.41. The van der Waals surface area contributed by atoms with Crippen molar-refractivity contribution in [3.8, 4) is 11.5 Å². The molecule has 26 heavy (non-hydrogen) atoms. The van der Waals surface area contributed by atoms with E-state index < -0.39 is 5.97 Å². The smallest absolute Gasteiger partial charge is 0.338 e. The topological polar surface area (TPSA) is 73.9 Å². The lowest BCUT2D eigenvalue weighted by molar-refractivity contribution is -0.125. The van der Waals surface area contributed by atoms with Gasteiger partial charge in [0.1, 0.15) is 0 Å². The Kier molecular flexibility index (Phi) is 8.25. The number of benzene rings is 1. The fourth-order valence-electron chi connectivity index (χ4n) is 3.16. The lowest BCUT2D eigenvalue weighted by Gasteiger charge is -2.20. The summed E-state index contributed by atoms with van der Waals surface area (Å²) >= 11 is 0. The third-order valence-electron chi connectivity index (χ3n) is 4.50. The Morgan fingerprint density at radius 3 is 2.42 bits per heavy atom. The van der Waals surface area contributed by atoms with Gasteiger partial charge < -0.3 is 19.5 Å². The van der Waals surface area contributed by atoms with Crippen molar-refractivity contribution in [3.05, 3.63) is 23.8 Å². The monoisotopic (exact) mass is 363 g/mol. The van der Waals surface area contributed by atoms with Crippen LogP contribution in [0.4, 0.5) is 0 Å². The number of carbonyl (C=O) groups is 2. The fraction of sp³-hybridized carbons (Fsp3) is 0.600. The highest BCUT2D eigenvalue weighted by Gasteiger charge is 2.17. The molecule has 6 heteroatoms. The minimum Gasteiger partial charge on any atom is -0.493 e. The molecule has 1 N–H and O–H groups in total. The summed E-state index contributed by atoms with van der Waals surface area (Å²) in [6, 6.07) is 5.00. The number of amides is 1. The minimum absolute atomic E-state index is 0.187. The molecule has 0 bridgehead atoms. The van der Waals surface area contributed by atoms with Crippen molar-refractivity contribution in [3.63, 3.8) is 0 Å². The van der Waals surface area contributed by atoms with Crippen LogP contribution >= 0.6 is 0 Å². The quantitative estimate of drug-likeness (QED) is 0.751. The van der Waals surface area contributed by atoms with Crippen LogP contribution in [0.15, 0.2) is 18.2 Å². The van der Waals surface area contributed by atoms with Crippen LogP contribution in [-0.4, -0.2) is 38.2 Å². The molecule has 0 heterocycles. The number of nitrogens with one attached hydrogen (secondary N) is 1. The number of rotatable bonds is 7. The van der Waals surface area contributed by atoms with Gasteiger partial charge in [-0.1, -0.05) is 32.1 Å². The number of hydrogen-bond donors (Lipinski definition) is 1. The van der Waals surface area contributed by atoms with Crippen molar-refractivity contribution in [2.75, 3.05) is 20.3 Å². The summed E-state index contributed by atoms with van der Waals surface area (Å²) in [6.07, 6.45) is 7.99. The fourth-order valence-corrected chi connectivity index (χ4v) is 3.16. The van der Waals surface area contributed by atoms with Crippen molar-refractivity contribution in [1.82, 2.24) is 5.32 Å². The number of esters is 1. The van der Waals surface area contributed by atoms with Crippen LogP contribution in [0.1, 0.15) is 62.2 Å². The van der Waals surface area contributed by atoms with Crippen LogP contribution in [0.5, 0.6) is 11.5 Å². The summed E-state index contributed by atoms with van der Waals surface area (Å²) in [5, 5.41) is 2.98. The van der Waals surface area contributed by atoms with Gasteiger partial charge in [0, 0.05) is 6.04 Å². The third-order valence-corrected chi connectivity index (χ3v) is 4.50. The molecule has 1 aliphatic carbocycles. The van der Waals surface area contributed by atoms with Crippen LogP contribution in [0.2, 0.25) is 0 Å². The Morgan fingerprint density at radius 1 is 1.08 bits per heavy atom. The highest BCUT2D eigenvalue weighted by atomic mass is 16.5. The van der Waals surface area contributed by atoms with E-state index >= 15 is 0 Å². The molecule has 0 spiro atoms. The van der Waals surface area contributed by atoms with E-state index in [0.717, 1.165) is 25.7 Å². The van der Waals surface area contributed by atoms with Crippen molar-refractivity contribution in [2.45, 2.75) is 57.9 Å². The maximum atomic E-state index is 12.2. The zero-order chi connectivity index (χ0) is 18.8. The van der Waals surface area contributed by atoms with E-state index in [4.69, 9.17) is 14.2 Å². The number of carbonyl (C=O) groups excluding carboxylic acids is 2. The van der Waals surface area contributed by atoms with Gasteiger partial charge in [0.05, 0.1) is 19.3 Å². The van der Waals surface area contributed by atoms with Gasteiger partial charge in [0.2, 0.25) is 0 Å². The molecule has 0 aromatic heterocycles. The minimum atomic E-state index is -0.554. The second-order valence-electron chi connectivity index (χ2n) is 6.48. The summed E-state index contributed by atoms with van der Waals surface area (Å²) < 4.78 is 15.8. The van der Waals surface area contributed by atoms with E-state index in [1.807, 2.05) is 6.92 Å². The second-order valence-corrected chi connectivity index (χ2v) is 6.48. The molecular formula is C20H29NO5. The number of ether oxygens (including phenoxy) is 3. The van der Waals surface area contributed by atoms with Crippen LogP contribution in [0.25, 0.3) is 0 Å². The van der Waals surface area contributed by atoms with Gasteiger partial charge in [0.15, 0.2) is 18.1 Å². The van der Waals surface area contributed by atoms with Gasteiger partial charge in [-0.2, -0.15) is 0 Å². The van der Waals surface area contributed by atoms with Crippen LogP contribution < -0.4 is 14.8 Å². The zero-order valence-electron chi connectivity index (χ0n) is 15.7. The average molecular weight is 363 g/mol. The molecule has 1 aliphatic rings. The summed E-state index contributed by atoms with van der Waals surface area (Å²) in [6.45, 7) is 2.04. The SMILES string of the molecule is CCOc1cc(C(=O)OCC(=O)NC2CCCCCCC2)ccc1OC. The van der Waals surface area contributed by atoms with Gasteiger partial charge >= 0.3 is 5.97 Å². The van der Waals surface area contributed by atoms with Gasteiger partial charge in [-0.15, -0.1) is 0 Å². The Balaban J connectivity index is 1.85. The lowest BCUT2D eigenvalue weighted by Crippen LogP contribution is -2.38. The van der Waals surface area contributed by atoms with E-state index in [2.05, 4.69) is 5.32 Å². The Hall–Kier alpha value is -2.24. The van der Waals surface area contributed by atoms with Crippen molar-refractivity contribution in [1.29, 1.82) is 0 Å². The van der Waals surface area contributed by atoms with Gasteiger partial charge in [-0.3, -0.25) is 4.79 Å². The average Bonchev–Trinajstić information content (AvgIpc) is 2.62. The first-order valence-electron chi connectivity index (χ1n) is 9.41. The maximum absolute atomic E-state index is 12.2. The summed E-state index contributed by atoms with van der Waals surface area (Å²) in [5.74, 6) is 0.220. The maximum Gasteiger partial charge on any atom is 0.338 e. The Morgan fingerprint density at radius 2 is 1.77 bits per heavy atom. The number of methoxy groups -OCH3 is 1. The molecule has 0 atom stereocenters. The summed E-state index contributed by atoms with van der Waals surface area (Å²) in [5.41, 5.74) is 0.327. The molecular weight excluding hydrogens is 334 g/mol. The molecule has 0 aliphatic heterocycles. The second kappa shape index (κ2) is 10.7. The molecule has 1 fully saturated rings. The molecule has 6 nitrogen and oxygen atoms in total. The molecule has 1 saturated carbocycles. The van der Waals surface area contributed by atoms with E-state index in [-0.39, 0.29) is 18.6 Å². The van der Waals surface area contributed by atoms with Gasteiger partial charge in [0.25, 0.3) is 5.91 Å². The summed E-state index contributed by atoms with van der Waals surface area (Å²) in [4.78, 5) is 24.3. The highest BCUT2D eigenvalue weighted by molar-refractivity contribution is 5.92. The van der Waals surface area contributed by atoms with E-state index in [9.17, 15) is 9.59 Å². The standard InChI is InChI=1S/C20H29NO5/c1-3-25-18-13-15(11-12-17(18)24-2)20(23)26-14-19(22)21-16-9-7-5-4-6-8-10-16/h11-13,16H,3-10,14H2,1-2H3,(H,21,22). The predicted molar refractivity (Wildman–Crippen MR) is 98.7 cm³/mol. The molecule has 0 unspecified atom stereocenters. The van der Waals surface area contributed by atoms with Gasteiger partial charge in [-0.25, -0.2) is 4.79 Å². The van der Waals surface area contributed by atoms with Crippen LogP contribution in [0, 0.1) is 0 Å². The zero-order valence-corrected chi connectivity index (χ0v) is 15.7. The Labute approximate surface area is 155 Å². The van der Waals surface area contributed by atoms with Crippen molar-refractivity contribution < 1.29 is 23.8 Å².